The fourth-order valence-corrected chi connectivity index (χ4v) is 1.13. The Hall–Kier alpha value is -0.290. The Labute approximate surface area is 89.2 Å². The molecule has 0 spiro atoms. The molecule has 0 fully saturated rings. The fourth-order valence-electron chi connectivity index (χ4n) is 1.13. The minimum atomic E-state index is -4.13. The van der Waals surface area contributed by atoms with E-state index in [2.05, 4.69) is 5.32 Å². The molecule has 0 amide bonds. The van der Waals surface area contributed by atoms with Crippen molar-refractivity contribution in [3.8, 4) is 0 Å². The lowest BCUT2D eigenvalue weighted by atomic mass is 10.2. The predicted molar refractivity (Wildman–Crippen MR) is 53.8 cm³/mol. The molecule has 1 unspecified atom stereocenters. The van der Waals surface area contributed by atoms with Crippen molar-refractivity contribution in [2.75, 3.05) is 13.2 Å². The topological polar surface area (TPSA) is 21.3 Å². The third-order valence-electron chi connectivity index (χ3n) is 1.79. The van der Waals surface area contributed by atoms with Crippen LogP contribution in [0.1, 0.15) is 33.6 Å². The second-order valence-corrected chi connectivity index (χ2v) is 3.85. The average molecular weight is 227 g/mol. The quantitative estimate of drug-likeness (QED) is 0.722. The first-order valence-electron chi connectivity index (χ1n) is 5.27. The molecule has 92 valence electrons. The van der Waals surface area contributed by atoms with Crippen molar-refractivity contribution < 1.29 is 17.9 Å². The van der Waals surface area contributed by atoms with Crippen LogP contribution in [-0.2, 0) is 4.74 Å². The first-order chi connectivity index (χ1) is 6.85. The Bertz CT molecular complexity index is 159. The highest BCUT2D eigenvalue weighted by molar-refractivity contribution is 4.70. The van der Waals surface area contributed by atoms with Gasteiger partial charge in [-0.05, 0) is 26.8 Å². The Kier molecular flexibility index (Phi) is 6.92. The summed E-state index contributed by atoms with van der Waals surface area (Å²) in [5.74, 6) is 0. The third kappa shape index (κ3) is 10.0. The summed E-state index contributed by atoms with van der Waals surface area (Å²) >= 11 is 0. The number of hydrogen-bond acceptors (Lipinski definition) is 2. The molecule has 0 saturated carbocycles. The maximum atomic E-state index is 12.2. The molecule has 0 aliphatic heterocycles. The van der Waals surface area contributed by atoms with E-state index in [0.29, 0.717) is 6.54 Å². The first-order valence-corrected chi connectivity index (χ1v) is 5.27. The van der Waals surface area contributed by atoms with E-state index in [1.807, 2.05) is 20.8 Å². The van der Waals surface area contributed by atoms with Crippen molar-refractivity contribution in [2.45, 2.75) is 51.9 Å². The van der Waals surface area contributed by atoms with Crippen LogP contribution in [0.5, 0.6) is 0 Å². The van der Waals surface area contributed by atoms with E-state index in [0.717, 1.165) is 6.42 Å². The molecule has 0 aromatic carbocycles. The van der Waals surface area contributed by atoms with E-state index in [-0.39, 0.29) is 12.7 Å². The highest BCUT2D eigenvalue weighted by Gasteiger charge is 2.31. The average Bonchev–Trinajstić information content (AvgIpc) is 2.07. The first kappa shape index (κ1) is 14.7. The summed E-state index contributed by atoms with van der Waals surface area (Å²) in [4.78, 5) is 0. The van der Waals surface area contributed by atoms with Gasteiger partial charge in [-0.3, -0.25) is 0 Å². The molecule has 0 aromatic heterocycles. The molecule has 0 heterocycles. The molecule has 1 atom stereocenters. The van der Waals surface area contributed by atoms with Gasteiger partial charge in [-0.2, -0.15) is 13.2 Å². The molecule has 5 heteroatoms. The van der Waals surface area contributed by atoms with Gasteiger partial charge in [-0.1, -0.05) is 6.92 Å². The summed E-state index contributed by atoms with van der Waals surface area (Å²) in [5.41, 5.74) is 0. The van der Waals surface area contributed by atoms with Gasteiger partial charge in [0.1, 0.15) is 0 Å². The molecule has 0 saturated heterocycles. The number of alkyl halides is 3. The standard InChI is InChI=1S/C10H20F3NO/c1-4-5-14-9(6-10(11,12)13)7-15-8(2)3/h8-9,14H,4-7H2,1-3H3. The molecular formula is C10H20F3NO. The molecule has 1 N–H and O–H groups in total. The second-order valence-electron chi connectivity index (χ2n) is 3.85. The van der Waals surface area contributed by atoms with Crippen molar-refractivity contribution in [3.63, 3.8) is 0 Å². The third-order valence-corrected chi connectivity index (χ3v) is 1.79. The number of nitrogens with one attached hydrogen (secondary N) is 1. The molecule has 15 heavy (non-hydrogen) atoms. The zero-order valence-corrected chi connectivity index (χ0v) is 9.53. The predicted octanol–water partition coefficient (Wildman–Crippen LogP) is 2.73. The molecule has 0 aromatic rings. The van der Waals surface area contributed by atoms with Crippen LogP contribution < -0.4 is 5.32 Å². The molecule has 0 aliphatic carbocycles. The molecule has 0 radical (unpaired) electrons. The van der Waals surface area contributed by atoms with Gasteiger partial charge in [0.05, 0.1) is 19.1 Å². The summed E-state index contributed by atoms with van der Waals surface area (Å²) in [6, 6.07) is -0.632. The lowest BCUT2D eigenvalue weighted by molar-refractivity contribution is -0.144. The Balaban J connectivity index is 3.95. The molecule has 0 aliphatic rings. The summed E-state index contributed by atoms with van der Waals surface area (Å²) in [6.45, 7) is 6.23. The number of halogens is 3. The Morgan fingerprint density at radius 2 is 1.87 bits per heavy atom. The summed E-state index contributed by atoms with van der Waals surface area (Å²) < 4.78 is 41.7. The Morgan fingerprint density at radius 1 is 1.27 bits per heavy atom. The van der Waals surface area contributed by atoms with E-state index in [9.17, 15) is 13.2 Å². The zero-order chi connectivity index (χ0) is 11.9. The highest BCUT2D eigenvalue weighted by Crippen LogP contribution is 2.21. The monoisotopic (exact) mass is 227 g/mol. The van der Waals surface area contributed by atoms with Gasteiger partial charge < -0.3 is 10.1 Å². The van der Waals surface area contributed by atoms with Gasteiger partial charge >= 0.3 is 6.18 Å². The molecule has 0 bridgehead atoms. The maximum Gasteiger partial charge on any atom is 0.390 e. The van der Waals surface area contributed by atoms with Crippen LogP contribution in [0.2, 0.25) is 0 Å². The van der Waals surface area contributed by atoms with Crippen molar-refractivity contribution in [1.82, 2.24) is 5.32 Å². The van der Waals surface area contributed by atoms with Crippen LogP contribution in [0.3, 0.4) is 0 Å². The largest absolute Gasteiger partial charge is 0.390 e. The SMILES string of the molecule is CCCNC(COC(C)C)CC(F)(F)F. The van der Waals surface area contributed by atoms with Crippen molar-refractivity contribution in [2.24, 2.45) is 0 Å². The fraction of sp³-hybridized carbons (Fsp3) is 1.00. The van der Waals surface area contributed by atoms with Crippen molar-refractivity contribution in [3.05, 3.63) is 0 Å². The van der Waals surface area contributed by atoms with E-state index in [4.69, 9.17) is 4.74 Å². The number of ether oxygens (including phenoxy) is 1. The van der Waals surface area contributed by atoms with Crippen LogP contribution in [0.15, 0.2) is 0 Å². The molecule has 2 nitrogen and oxygen atoms in total. The summed E-state index contributed by atoms with van der Waals surface area (Å²) in [6.07, 6.45) is -4.19. The minimum Gasteiger partial charge on any atom is -0.377 e. The minimum absolute atomic E-state index is 0.0378. The van der Waals surface area contributed by atoms with Crippen LogP contribution in [0.4, 0.5) is 13.2 Å². The van der Waals surface area contributed by atoms with Crippen LogP contribution in [0, 0.1) is 0 Å². The van der Waals surface area contributed by atoms with Gasteiger partial charge in [0.15, 0.2) is 0 Å². The maximum absolute atomic E-state index is 12.2. The summed E-state index contributed by atoms with van der Waals surface area (Å²) in [5, 5.41) is 2.84. The van der Waals surface area contributed by atoms with Gasteiger partial charge in [0.2, 0.25) is 0 Å². The smallest absolute Gasteiger partial charge is 0.377 e. The normalized spacial score (nSPS) is 14.6. The lowest BCUT2D eigenvalue weighted by Gasteiger charge is -2.21. The second kappa shape index (κ2) is 7.06. The highest BCUT2D eigenvalue weighted by atomic mass is 19.4. The van der Waals surface area contributed by atoms with Gasteiger partial charge in [-0.25, -0.2) is 0 Å². The lowest BCUT2D eigenvalue weighted by Crippen LogP contribution is -2.38. The van der Waals surface area contributed by atoms with Crippen LogP contribution >= 0.6 is 0 Å². The zero-order valence-electron chi connectivity index (χ0n) is 9.53. The van der Waals surface area contributed by atoms with Gasteiger partial charge in [-0.15, -0.1) is 0 Å². The van der Waals surface area contributed by atoms with E-state index < -0.39 is 18.6 Å². The van der Waals surface area contributed by atoms with Crippen LogP contribution in [-0.4, -0.2) is 31.5 Å². The van der Waals surface area contributed by atoms with E-state index in [1.165, 1.54) is 0 Å². The van der Waals surface area contributed by atoms with Gasteiger partial charge in [0.25, 0.3) is 0 Å². The number of hydrogen-bond donors (Lipinski definition) is 1. The number of rotatable bonds is 7. The van der Waals surface area contributed by atoms with Gasteiger partial charge in [0, 0.05) is 6.04 Å². The van der Waals surface area contributed by atoms with Crippen LogP contribution in [0.25, 0.3) is 0 Å². The molecular weight excluding hydrogens is 207 g/mol. The summed E-state index contributed by atoms with van der Waals surface area (Å²) in [7, 11) is 0. The van der Waals surface area contributed by atoms with E-state index >= 15 is 0 Å². The Morgan fingerprint density at radius 3 is 2.27 bits per heavy atom. The van der Waals surface area contributed by atoms with Crippen molar-refractivity contribution >= 4 is 0 Å². The van der Waals surface area contributed by atoms with E-state index in [1.54, 1.807) is 0 Å². The molecule has 0 rings (SSSR count). The van der Waals surface area contributed by atoms with Crippen molar-refractivity contribution in [1.29, 1.82) is 0 Å².